The molecule has 4 nitrogen and oxygen atoms in total. The van der Waals surface area contributed by atoms with Crippen LogP contribution in [0.25, 0.3) is 0 Å². The van der Waals surface area contributed by atoms with Gasteiger partial charge in [-0.05, 0) is 12.5 Å². The van der Waals surface area contributed by atoms with E-state index < -0.39 is 34.7 Å². The Labute approximate surface area is 132 Å². The fourth-order valence-electron chi connectivity index (χ4n) is 3.31. The molecule has 0 radical (unpaired) electrons. The summed E-state index contributed by atoms with van der Waals surface area (Å²) in [7, 11) is 1.32. The molecule has 0 bridgehead atoms. The molecule has 1 saturated carbocycles. The Morgan fingerprint density at radius 2 is 2.13 bits per heavy atom. The van der Waals surface area contributed by atoms with E-state index in [2.05, 4.69) is 4.98 Å². The maximum atomic E-state index is 13.3. The highest BCUT2D eigenvalue weighted by atomic mass is 19.3. The van der Waals surface area contributed by atoms with Gasteiger partial charge in [0.25, 0.3) is 6.43 Å². The maximum Gasteiger partial charge on any atom is 0.265 e. The van der Waals surface area contributed by atoms with Crippen molar-refractivity contribution in [2.45, 2.75) is 38.7 Å². The maximum absolute atomic E-state index is 13.3. The number of methoxy groups -OCH3 is 1. The van der Waals surface area contributed by atoms with Crippen LogP contribution < -0.4 is 0 Å². The number of hydrogen-bond donors (Lipinski definition) is 0. The van der Waals surface area contributed by atoms with E-state index in [-0.39, 0.29) is 24.3 Å². The fourth-order valence-corrected chi connectivity index (χ4v) is 3.31. The van der Waals surface area contributed by atoms with Gasteiger partial charge in [0.05, 0.1) is 18.0 Å². The molecule has 1 heterocycles. The molecular weight excluding hydrogens is 309 g/mol. The van der Waals surface area contributed by atoms with Gasteiger partial charge < -0.3 is 4.74 Å². The molecule has 1 aliphatic rings. The number of carbonyl (C=O) groups is 1. The molecule has 7 heteroatoms. The fraction of sp³-hybridized carbons (Fsp3) is 0.562. The van der Waals surface area contributed by atoms with Gasteiger partial charge in [0.15, 0.2) is 5.78 Å². The Kier molecular flexibility index (Phi) is 4.49. The van der Waals surface area contributed by atoms with Crippen molar-refractivity contribution in [3.05, 3.63) is 29.3 Å². The Morgan fingerprint density at radius 1 is 1.48 bits per heavy atom. The van der Waals surface area contributed by atoms with Gasteiger partial charge in [-0.15, -0.1) is 0 Å². The van der Waals surface area contributed by atoms with Gasteiger partial charge in [-0.1, -0.05) is 13.8 Å². The van der Waals surface area contributed by atoms with Crippen molar-refractivity contribution in [2.75, 3.05) is 7.11 Å². The van der Waals surface area contributed by atoms with Gasteiger partial charge in [-0.2, -0.15) is 5.26 Å². The molecule has 0 aliphatic heterocycles. The highest BCUT2D eigenvalue weighted by Crippen LogP contribution is 2.49. The number of halogens is 3. The average Bonchev–Trinajstić information content (AvgIpc) is 2.49. The summed E-state index contributed by atoms with van der Waals surface area (Å²) in [4.78, 5) is 16.1. The Morgan fingerprint density at radius 3 is 2.65 bits per heavy atom. The SMILES string of the molecule is COC1(c2ncc(F)cc2C(F)F)CC(C#N)C(=O)C(C)(C)C1. The van der Waals surface area contributed by atoms with Crippen molar-refractivity contribution < 1.29 is 22.7 Å². The lowest BCUT2D eigenvalue weighted by atomic mass is 9.63. The molecular formula is C16H17F3N2O2. The Bertz CT molecular complexity index is 670. The van der Waals surface area contributed by atoms with E-state index in [1.165, 1.54) is 7.11 Å². The summed E-state index contributed by atoms with van der Waals surface area (Å²) in [6, 6.07) is 2.63. The van der Waals surface area contributed by atoms with Crippen LogP contribution in [0.15, 0.2) is 12.3 Å². The first kappa shape index (κ1) is 17.4. The summed E-state index contributed by atoms with van der Waals surface area (Å²) >= 11 is 0. The molecule has 23 heavy (non-hydrogen) atoms. The number of carbonyl (C=O) groups excluding carboxylic acids is 1. The molecule has 1 fully saturated rings. The van der Waals surface area contributed by atoms with Crippen molar-refractivity contribution in [1.29, 1.82) is 5.26 Å². The lowest BCUT2D eigenvalue weighted by Crippen LogP contribution is -2.48. The van der Waals surface area contributed by atoms with E-state index in [1.54, 1.807) is 13.8 Å². The third kappa shape index (κ3) is 2.95. The van der Waals surface area contributed by atoms with Gasteiger partial charge in [0.2, 0.25) is 0 Å². The number of ether oxygens (including phenoxy) is 1. The van der Waals surface area contributed by atoms with Crippen LogP contribution in [0.4, 0.5) is 13.2 Å². The molecule has 2 unspecified atom stereocenters. The Hall–Kier alpha value is -1.94. The highest BCUT2D eigenvalue weighted by molar-refractivity contribution is 5.89. The van der Waals surface area contributed by atoms with Crippen molar-refractivity contribution in [1.82, 2.24) is 4.98 Å². The van der Waals surface area contributed by atoms with E-state index in [0.717, 1.165) is 12.3 Å². The first-order valence-corrected chi connectivity index (χ1v) is 7.10. The second-order valence-electron chi connectivity index (χ2n) is 6.40. The van der Waals surface area contributed by atoms with E-state index in [9.17, 15) is 23.2 Å². The van der Waals surface area contributed by atoms with Crippen LogP contribution in [-0.4, -0.2) is 17.9 Å². The van der Waals surface area contributed by atoms with E-state index >= 15 is 0 Å². The topological polar surface area (TPSA) is 63.0 Å². The highest BCUT2D eigenvalue weighted by Gasteiger charge is 2.53. The van der Waals surface area contributed by atoms with Crippen LogP contribution in [-0.2, 0) is 15.1 Å². The van der Waals surface area contributed by atoms with E-state index in [1.807, 2.05) is 6.07 Å². The van der Waals surface area contributed by atoms with Crippen molar-refractivity contribution in [3.63, 3.8) is 0 Å². The van der Waals surface area contributed by atoms with E-state index in [4.69, 9.17) is 4.74 Å². The number of nitriles is 1. The average molecular weight is 326 g/mol. The van der Waals surface area contributed by atoms with Crippen molar-refractivity contribution >= 4 is 5.78 Å². The summed E-state index contributed by atoms with van der Waals surface area (Å²) in [5.74, 6) is -2.12. The number of pyridine rings is 1. The molecule has 2 rings (SSSR count). The predicted octanol–water partition coefficient (Wildman–Crippen LogP) is 3.53. The molecule has 1 aromatic rings. The molecule has 124 valence electrons. The van der Waals surface area contributed by atoms with Crippen LogP contribution in [0, 0.1) is 28.5 Å². The molecule has 1 aromatic heterocycles. The van der Waals surface area contributed by atoms with Gasteiger partial charge in [0, 0.05) is 24.5 Å². The van der Waals surface area contributed by atoms with Crippen LogP contribution in [0.2, 0.25) is 0 Å². The number of hydrogen-bond acceptors (Lipinski definition) is 4. The molecule has 0 aromatic carbocycles. The molecule has 1 aliphatic carbocycles. The number of rotatable bonds is 3. The summed E-state index contributed by atoms with van der Waals surface area (Å²) in [6.45, 7) is 3.27. The summed E-state index contributed by atoms with van der Waals surface area (Å²) < 4.78 is 45.5. The molecule has 0 saturated heterocycles. The molecule has 2 atom stereocenters. The minimum Gasteiger partial charge on any atom is -0.372 e. The normalized spacial score (nSPS) is 27.0. The minimum atomic E-state index is -2.94. The number of alkyl halides is 2. The standard InChI is InChI=1S/C16H17F3N2O2/c1-15(2)8-16(23-3,5-9(6-20)13(15)22)12-11(14(18)19)4-10(17)7-21-12/h4,7,9,14H,5,8H2,1-3H3. The molecule has 0 amide bonds. The largest absolute Gasteiger partial charge is 0.372 e. The van der Waals surface area contributed by atoms with Gasteiger partial charge >= 0.3 is 0 Å². The van der Waals surface area contributed by atoms with Crippen LogP contribution >= 0.6 is 0 Å². The zero-order valence-corrected chi connectivity index (χ0v) is 13.1. The molecule has 0 N–H and O–H groups in total. The quantitative estimate of drug-likeness (QED) is 0.852. The number of Topliss-reactive ketones (excluding diaryl/α,β-unsaturated/α-hetero) is 1. The minimum absolute atomic E-state index is 0.0827. The third-order valence-electron chi connectivity index (χ3n) is 4.34. The first-order chi connectivity index (χ1) is 10.7. The van der Waals surface area contributed by atoms with Gasteiger partial charge in [-0.25, -0.2) is 13.2 Å². The molecule has 0 spiro atoms. The third-order valence-corrected chi connectivity index (χ3v) is 4.34. The smallest absolute Gasteiger partial charge is 0.265 e. The number of ketones is 1. The summed E-state index contributed by atoms with van der Waals surface area (Å²) in [5.41, 5.74) is -2.97. The lowest BCUT2D eigenvalue weighted by molar-refractivity contribution is -0.148. The summed E-state index contributed by atoms with van der Waals surface area (Å²) in [6.07, 6.45) is -2.10. The van der Waals surface area contributed by atoms with Crippen molar-refractivity contribution in [3.8, 4) is 6.07 Å². The predicted molar refractivity (Wildman–Crippen MR) is 75.0 cm³/mol. The van der Waals surface area contributed by atoms with Crippen LogP contribution in [0.3, 0.4) is 0 Å². The zero-order valence-electron chi connectivity index (χ0n) is 13.1. The second-order valence-corrected chi connectivity index (χ2v) is 6.40. The second kappa shape index (κ2) is 5.93. The Balaban J connectivity index is 2.63. The first-order valence-electron chi connectivity index (χ1n) is 7.10. The number of aromatic nitrogens is 1. The van der Waals surface area contributed by atoms with Crippen molar-refractivity contribution in [2.24, 2.45) is 11.3 Å². The van der Waals surface area contributed by atoms with E-state index in [0.29, 0.717) is 0 Å². The van der Waals surface area contributed by atoms with Crippen LogP contribution in [0.1, 0.15) is 44.4 Å². The lowest BCUT2D eigenvalue weighted by Gasteiger charge is -2.44. The summed E-state index contributed by atoms with van der Waals surface area (Å²) in [5, 5.41) is 9.24. The van der Waals surface area contributed by atoms with Gasteiger partial charge in [-0.3, -0.25) is 9.78 Å². The number of nitrogens with zero attached hydrogens (tertiary/aromatic N) is 2. The van der Waals surface area contributed by atoms with Crippen LogP contribution in [0.5, 0.6) is 0 Å². The van der Waals surface area contributed by atoms with Gasteiger partial charge in [0.1, 0.15) is 17.3 Å². The zero-order chi connectivity index (χ0) is 17.4. The monoisotopic (exact) mass is 326 g/mol.